The van der Waals surface area contributed by atoms with E-state index in [0.717, 1.165) is 17.6 Å². The van der Waals surface area contributed by atoms with Crippen molar-refractivity contribution in [3.63, 3.8) is 0 Å². The molecule has 0 spiro atoms. The van der Waals surface area contributed by atoms with Gasteiger partial charge in [0.25, 0.3) is 0 Å². The molecule has 3 aromatic rings. The maximum absolute atomic E-state index is 5.02. The number of aromatic nitrogens is 3. The fourth-order valence-corrected chi connectivity index (χ4v) is 2.17. The number of fused-ring (bicyclic) bond motifs is 1. The Bertz CT molecular complexity index is 706. The number of para-hydroxylation sites is 1. The number of rotatable bonds is 2. The van der Waals surface area contributed by atoms with E-state index in [1.54, 1.807) is 0 Å². The fourth-order valence-electron chi connectivity index (χ4n) is 1.98. The molecule has 84 valence electrons. The third-order valence-electron chi connectivity index (χ3n) is 2.75. The zero-order valence-corrected chi connectivity index (χ0v) is 9.92. The number of hydrogen-bond donors (Lipinski definition) is 2. The normalized spacial score (nSPS) is 10.8. The van der Waals surface area contributed by atoms with E-state index in [9.17, 15) is 0 Å². The van der Waals surface area contributed by atoms with Gasteiger partial charge in [0.1, 0.15) is 0 Å². The number of benzene rings is 1. The molecule has 2 heterocycles. The average molecular weight is 241 g/mol. The molecule has 0 fully saturated rings. The highest BCUT2D eigenvalue weighted by atomic mass is 32.1. The molecule has 0 aliphatic heterocycles. The predicted molar refractivity (Wildman–Crippen MR) is 70.5 cm³/mol. The van der Waals surface area contributed by atoms with Crippen LogP contribution < -0.4 is 0 Å². The van der Waals surface area contributed by atoms with Crippen molar-refractivity contribution in [1.29, 1.82) is 0 Å². The largest absolute Gasteiger partial charge is 0.337 e. The average Bonchev–Trinajstić information content (AvgIpc) is 2.75. The number of nitrogens with one attached hydrogen (secondary N) is 2. The second-order valence-electron chi connectivity index (χ2n) is 3.94. The van der Waals surface area contributed by atoms with E-state index in [0.29, 0.717) is 4.77 Å². The van der Waals surface area contributed by atoms with E-state index < -0.39 is 0 Å². The standard InChI is InChI=1S/C13H11N3S/c17-13-15-8-11(16-13)7-10-4-1-3-9-5-2-6-14-12(9)10/h1-6,8H,7H2,(H2,15,16,17). The van der Waals surface area contributed by atoms with E-state index >= 15 is 0 Å². The molecule has 0 aliphatic carbocycles. The van der Waals surface area contributed by atoms with Crippen molar-refractivity contribution in [3.05, 3.63) is 58.8 Å². The lowest BCUT2D eigenvalue weighted by Crippen LogP contribution is -1.91. The number of pyridine rings is 1. The quantitative estimate of drug-likeness (QED) is 0.677. The number of nitrogens with zero attached hydrogens (tertiary/aromatic N) is 1. The number of aromatic amines is 2. The van der Waals surface area contributed by atoms with Crippen LogP contribution in [0.2, 0.25) is 0 Å². The van der Waals surface area contributed by atoms with Gasteiger partial charge in [-0.15, -0.1) is 0 Å². The van der Waals surface area contributed by atoms with E-state index in [1.165, 1.54) is 10.9 Å². The summed E-state index contributed by atoms with van der Waals surface area (Å²) in [5.41, 5.74) is 3.33. The summed E-state index contributed by atoms with van der Waals surface area (Å²) in [7, 11) is 0. The summed E-state index contributed by atoms with van der Waals surface area (Å²) in [6.45, 7) is 0. The molecule has 4 heteroatoms. The highest BCUT2D eigenvalue weighted by molar-refractivity contribution is 7.71. The Balaban J connectivity index is 2.08. The van der Waals surface area contributed by atoms with Gasteiger partial charge in [-0.1, -0.05) is 24.3 Å². The van der Waals surface area contributed by atoms with Crippen LogP contribution in [0.1, 0.15) is 11.3 Å². The van der Waals surface area contributed by atoms with Gasteiger partial charge in [0.2, 0.25) is 0 Å². The first-order valence-corrected chi connectivity index (χ1v) is 5.83. The van der Waals surface area contributed by atoms with Gasteiger partial charge in [-0.2, -0.15) is 0 Å². The topological polar surface area (TPSA) is 44.5 Å². The number of hydrogen-bond acceptors (Lipinski definition) is 2. The molecule has 17 heavy (non-hydrogen) atoms. The van der Waals surface area contributed by atoms with Crippen LogP contribution in [0.4, 0.5) is 0 Å². The third-order valence-corrected chi connectivity index (χ3v) is 2.97. The first-order valence-electron chi connectivity index (χ1n) is 5.42. The lowest BCUT2D eigenvalue weighted by atomic mass is 10.1. The second-order valence-corrected chi connectivity index (χ2v) is 4.35. The predicted octanol–water partition coefficient (Wildman–Crippen LogP) is 3.21. The summed E-state index contributed by atoms with van der Waals surface area (Å²) in [4.78, 5) is 10.5. The van der Waals surface area contributed by atoms with Gasteiger partial charge < -0.3 is 9.97 Å². The Morgan fingerprint density at radius 3 is 2.88 bits per heavy atom. The molecule has 0 radical (unpaired) electrons. The van der Waals surface area contributed by atoms with Crippen LogP contribution in [0.15, 0.2) is 42.7 Å². The molecule has 0 atom stereocenters. The molecule has 3 rings (SSSR count). The van der Waals surface area contributed by atoms with Crippen LogP contribution in [0.25, 0.3) is 10.9 Å². The maximum atomic E-state index is 5.02. The summed E-state index contributed by atoms with van der Waals surface area (Å²) < 4.78 is 0.660. The van der Waals surface area contributed by atoms with Crippen LogP contribution in [0.5, 0.6) is 0 Å². The smallest absolute Gasteiger partial charge is 0.174 e. The van der Waals surface area contributed by atoms with Gasteiger partial charge in [-0.3, -0.25) is 4.98 Å². The third kappa shape index (κ3) is 1.99. The van der Waals surface area contributed by atoms with E-state index in [1.807, 2.05) is 18.5 Å². The summed E-state index contributed by atoms with van der Waals surface area (Å²) in [6.07, 6.45) is 4.54. The molecule has 0 aliphatic rings. The van der Waals surface area contributed by atoms with Crippen LogP contribution in [-0.4, -0.2) is 15.0 Å². The van der Waals surface area contributed by atoms with Crippen LogP contribution in [0, 0.1) is 4.77 Å². The SMILES string of the molecule is S=c1[nH]cc(Cc2cccc3cccnc23)[nH]1. The Kier molecular flexibility index (Phi) is 2.49. The molecular weight excluding hydrogens is 230 g/mol. The monoisotopic (exact) mass is 241 g/mol. The Hall–Kier alpha value is -1.94. The minimum absolute atomic E-state index is 0.660. The van der Waals surface area contributed by atoms with E-state index in [2.05, 4.69) is 39.2 Å². The minimum atomic E-state index is 0.660. The highest BCUT2D eigenvalue weighted by Gasteiger charge is 2.03. The maximum Gasteiger partial charge on any atom is 0.174 e. The molecule has 1 aromatic carbocycles. The highest BCUT2D eigenvalue weighted by Crippen LogP contribution is 2.18. The molecule has 0 amide bonds. The summed E-state index contributed by atoms with van der Waals surface area (Å²) in [5, 5.41) is 1.17. The van der Waals surface area contributed by atoms with Crippen molar-refractivity contribution in [2.24, 2.45) is 0 Å². The van der Waals surface area contributed by atoms with Crippen LogP contribution in [0.3, 0.4) is 0 Å². The van der Waals surface area contributed by atoms with Crippen molar-refractivity contribution in [3.8, 4) is 0 Å². The minimum Gasteiger partial charge on any atom is -0.337 e. The molecule has 0 saturated heterocycles. The van der Waals surface area contributed by atoms with Crippen molar-refractivity contribution in [2.45, 2.75) is 6.42 Å². The number of H-pyrrole nitrogens is 2. The second kappa shape index (κ2) is 4.14. The summed E-state index contributed by atoms with van der Waals surface area (Å²) >= 11 is 5.02. The molecule has 2 N–H and O–H groups in total. The number of imidazole rings is 1. The van der Waals surface area contributed by atoms with Crippen molar-refractivity contribution in [2.75, 3.05) is 0 Å². The van der Waals surface area contributed by atoms with E-state index in [-0.39, 0.29) is 0 Å². The fraction of sp³-hybridized carbons (Fsp3) is 0.0769. The van der Waals surface area contributed by atoms with Gasteiger partial charge in [-0.25, -0.2) is 0 Å². The van der Waals surface area contributed by atoms with Crippen molar-refractivity contribution < 1.29 is 0 Å². The Morgan fingerprint density at radius 1 is 1.18 bits per heavy atom. The molecular formula is C13H11N3S. The van der Waals surface area contributed by atoms with E-state index in [4.69, 9.17) is 12.2 Å². The Morgan fingerprint density at radius 2 is 2.06 bits per heavy atom. The van der Waals surface area contributed by atoms with Crippen molar-refractivity contribution >= 4 is 23.1 Å². The van der Waals surface area contributed by atoms with Crippen LogP contribution >= 0.6 is 12.2 Å². The molecule has 0 bridgehead atoms. The first kappa shape index (κ1) is 10.2. The van der Waals surface area contributed by atoms with Gasteiger partial charge in [0, 0.05) is 29.9 Å². The van der Waals surface area contributed by atoms with Gasteiger partial charge in [-0.05, 0) is 23.8 Å². The molecule has 0 saturated carbocycles. The summed E-state index contributed by atoms with van der Waals surface area (Å²) in [5.74, 6) is 0. The zero-order chi connectivity index (χ0) is 11.7. The summed E-state index contributed by atoms with van der Waals surface area (Å²) in [6, 6.07) is 10.3. The zero-order valence-electron chi connectivity index (χ0n) is 9.10. The van der Waals surface area contributed by atoms with Gasteiger partial charge in [0.05, 0.1) is 5.52 Å². The van der Waals surface area contributed by atoms with Crippen molar-refractivity contribution in [1.82, 2.24) is 15.0 Å². The Labute approximate surface area is 104 Å². The molecule has 2 aromatic heterocycles. The molecule has 0 unspecified atom stereocenters. The van der Waals surface area contributed by atoms with Gasteiger partial charge in [0.15, 0.2) is 4.77 Å². The molecule has 3 nitrogen and oxygen atoms in total. The lowest BCUT2D eigenvalue weighted by Gasteiger charge is -2.03. The van der Waals surface area contributed by atoms with Gasteiger partial charge >= 0.3 is 0 Å². The first-order chi connectivity index (χ1) is 8.33. The lowest BCUT2D eigenvalue weighted by molar-refractivity contribution is 1.10. The van der Waals surface area contributed by atoms with Crippen LogP contribution in [-0.2, 0) is 6.42 Å².